The first-order valence-corrected chi connectivity index (χ1v) is 8.22. The lowest BCUT2D eigenvalue weighted by Crippen LogP contribution is -2.10. The zero-order chi connectivity index (χ0) is 20.4. The van der Waals surface area contributed by atoms with E-state index in [-0.39, 0.29) is 28.3 Å². The minimum absolute atomic E-state index is 0.0483. The largest absolute Gasteiger partial charge is 0.427 e. The Morgan fingerprint density at radius 1 is 1.00 bits per heavy atom. The number of benzene rings is 2. The number of aryl methyl sites for hydroxylation is 1. The first kappa shape index (κ1) is 19.0. The van der Waals surface area contributed by atoms with Crippen molar-refractivity contribution in [3.05, 3.63) is 57.3 Å². The molecule has 0 unspecified atom stereocenters. The summed E-state index contributed by atoms with van der Waals surface area (Å²) in [6.45, 7) is 4.16. The van der Waals surface area contributed by atoms with Gasteiger partial charge in [-0.25, -0.2) is 4.79 Å². The lowest BCUT2D eigenvalue weighted by molar-refractivity contribution is -0.132. The standard InChI is InChI=1S/C20H15NO7/c1-10-15-6-4-13(21-25)8-17(15)28-20(24)19(10)16-7-5-14(26-11(2)22)9-18(16)27-12(3)23/h4-9H,1-3H3. The number of nitroso groups, excluding NO2 is 1. The van der Waals surface area contributed by atoms with Crippen LogP contribution in [0.2, 0.25) is 0 Å². The van der Waals surface area contributed by atoms with E-state index in [1.54, 1.807) is 13.0 Å². The van der Waals surface area contributed by atoms with Gasteiger partial charge in [-0.15, -0.1) is 4.91 Å². The highest BCUT2D eigenvalue weighted by Gasteiger charge is 2.19. The normalized spacial score (nSPS) is 10.5. The minimum Gasteiger partial charge on any atom is -0.427 e. The van der Waals surface area contributed by atoms with Gasteiger partial charge in [-0.2, -0.15) is 0 Å². The lowest BCUT2D eigenvalue weighted by atomic mass is 9.98. The molecule has 8 heteroatoms. The number of fused-ring (bicyclic) bond motifs is 1. The molecule has 8 nitrogen and oxygen atoms in total. The molecule has 2 aromatic carbocycles. The molecule has 0 saturated carbocycles. The van der Waals surface area contributed by atoms with E-state index in [2.05, 4.69) is 5.18 Å². The number of carbonyl (C=O) groups is 2. The van der Waals surface area contributed by atoms with Crippen molar-refractivity contribution < 1.29 is 23.5 Å². The summed E-state index contributed by atoms with van der Waals surface area (Å²) in [7, 11) is 0. The van der Waals surface area contributed by atoms with Gasteiger partial charge < -0.3 is 13.9 Å². The summed E-state index contributed by atoms with van der Waals surface area (Å²) < 4.78 is 15.6. The zero-order valence-corrected chi connectivity index (χ0v) is 15.3. The summed E-state index contributed by atoms with van der Waals surface area (Å²) >= 11 is 0. The van der Waals surface area contributed by atoms with E-state index >= 15 is 0 Å². The van der Waals surface area contributed by atoms with Crippen LogP contribution in [0.4, 0.5) is 5.69 Å². The van der Waals surface area contributed by atoms with Crippen LogP contribution in [0.3, 0.4) is 0 Å². The number of hydrogen-bond donors (Lipinski definition) is 0. The zero-order valence-electron chi connectivity index (χ0n) is 15.3. The highest BCUT2D eigenvalue weighted by molar-refractivity contribution is 5.90. The summed E-state index contributed by atoms with van der Waals surface area (Å²) in [6, 6.07) is 8.82. The number of hydrogen-bond acceptors (Lipinski definition) is 8. The summed E-state index contributed by atoms with van der Waals surface area (Å²) in [5.74, 6) is -0.933. The Balaban J connectivity index is 2.25. The smallest absolute Gasteiger partial charge is 0.344 e. The molecule has 0 atom stereocenters. The van der Waals surface area contributed by atoms with Gasteiger partial charge in [-0.1, -0.05) is 0 Å². The molecule has 0 N–H and O–H groups in total. The van der Waals surface area contributed by atoms with Crippen molar-refractivity contribution in [2.45, 2.75) is 20.8 Å². The van der Waals surface area contributed by atoms with Crippen LogP contribution in [-0.2, 0) is 9.59 Å². The Morgan fingerprint density at radius 3 is 2.36 bits per heavy atom. The Hall–Kier alpha value is -3.81. The second kappa shape index (κ2) is 7.43. The van der Waals surface area contributed by atoms with Gasteiger partial charge in [0.25, 0.3) is 0 Å². The van der Waals surface area contributed by atoms with Crippen LogP contribution in [0.25, 0.3) is 22.1 Å². The van der Waals surface area contributed by atoms with Crippen LogP contribution >= 0.6 is 0 Å². The second-order valence-corrected chi connectivity index (χ2v) is 6.01. The van der Waals surface area contributed by atoms with Crippen LogP contribution in [0.15, 0.2) is 50.8 Å². The quantitative estimate of drug-likeness (QED) is 0.290. The third-order valence-electron chi connectivity index (χ3n) is 3.99. The van der Waals surface area contributed by atoms with E-state index in [0.717, 1.165) is 0 Å². The van der Waals surface area contributed by atoms with Gasteiger partial charge in [-0.05, 0) is 41.9 Å². The molecule has 0 bridgehead atoms. The molecule has 0 aliphatic heterocycles. The van der Waals surface area contributed by atoms with Gasteiger partial charge in [0.1, 0.15) is 22.8 Å². The Kier molecular flexibility index (Phi) is 5.04. The molecule has 0 radical (unpaired) electrons. The van der Waals surface area contributed by atoms with Crippen molar-refractivity contribution in [1.29, 1.82) is 0 Å². The van der Waals surface area contributed by atoms with Crippen molar-refractivity contribution in [2.75, 3.05) is 0 Å². The van der Waals surface area contributed by atoms with E-state index in [4.69, 9.17) is 13.9 Å². The number of rotatable bonds is 4. The molecule has 1 aromatic heterocycles. The number of ether oxygens (including phenoxy) is 2. The number of nitrogens with zero attached hydrogens (tertiary/aromatic N) is 1. The molecule has 0 aliphatic carbocycles. The van der Waals surface area contributed by atoms with E-state index < -0.39 is 17.6 Å². The topological polar surface area (TPSA) is 112 Å². The van der Waals surface area contributed by atoms with Crippen molar-refractivity contribution >= 4 is 28.6 Å². The van der Waals surface area contributed by atoms with E-state index in [0.29, 0.717) is 16.5 Å². The number of carbonyl (C=O) groups excluding carboxylic acids is 2. The Bertz CT molecular complexity index is 1180. The molecular formula is C20H15NO7. The molecule has 0 aliphatic rings. The van der Waals surface area contributed by atoms with Crippen LogP contribution in [0.5, 0.6) is 11.5 Å². The molecule has 0 saturated heterocycles. The third kappa shape index (κ3) is 3.66. The van der Waals surface area contributed by atoms with Crippen molar-refractivity contribution in [3.63, 3.8) is 0 Å². The van der Waals surface area contributed by atoms with Crippen LogP contribution in [0, 0.1) is 11.8 Å². The lowest BCUT2D eigenvalue weighted by Gasteiger charge is -2.13. The van der Waals surface area contributed by atoms with Gasteiger partial charge in [-0.3, -0.25) is 9.59 Å². The van der Waals surface area contributed by atoms with Gasteiger partial charge in [0.05, 0.1) is 5.56 Å². The first-order chi connectivity index (χ1) is 13.3. The SMILES string of the molecule is CC(=O)Oc1ccc(-c2c(C)c3ccc(N=O)cc3oc2=O)c(OC(C)=O)c1. The predicted molar refractivity (Wildman–Crippen MR) is 101 cm³/mol. The summed E-state index contributed by atoms with van der Waals surface area (Å²) in [6.07, 6.45) is 0. The molecule has 3 aromatic rings. The van der Waals surface area contributed by atoms with Crippen LogP contribution in [-0.4, -0.2) is 11.9 Å². The fourth-order valence-electron chi connectivity index (χ4n) is 2.89. The number of esters is 2. The summed E-state index contributed by atoms with van der Waals surface area (Å²) in [4.78, 5) is 46.1. The fourth-order valence-corrected chi connectivity index (χ4v) is 2.89. The van der Waals surface area contributed by atoms with Crippen LogP contribution in [0.1, 0.15) is 19.4 Å². The molecule has 0 fully saturated rings. The van der Waals surface area contributed by atoms with Crippen LogP contribution < -0.4 is 15.1 Å². The Labute approximate surface area is 158 Å². The highest BCUT2D eigenvalue weighted by Crippen LogP contribution is 2.36. The maximum Gasteiger partial charge on any atom is 0.344 e. The third-order valence-corrected chi connectivity index (χ3v) is 3.99. The maximum atomic E-state index is 12.7. The summed E-state index contributed by atoms with van der Waals surface area (Å²) in [5, 5.41) is 3.43. The molecule has 3 rings (SSSR count). The van der Waals surface area contributed by atoms with Gasteiger partial charge >= 0.3 is 17.6 Å². The molecule has 142 valence electrons. The maximum absolute atomic E-state index is 12.7. The van der Waals surface area contributed by atoms with Gasteiger partial charge in [0.15, 0.2) is 0 Å². The molecular weight excluding hydrogens is 366 g/mol. The first-order valence-electron chi connectivity index (χ1n) is 8.22. The van der Waals surface area contributed by atoms with Crippen molar-refractivity contribution in [2.24, 2.45) is 5.18 Å². The molecule has 0 amide bonds. The fraction of sp³-hybridized carbons (Fsp3) is 0.150. The van der Waals surface area contributed by atoms with Gasteiger partial charge in [0.2, 0.25) is 0 Å². The van der Waals surface area contributed by atoms with Crippen molar-refractivity contribution in [3.8, 4) is 22.6 Å². The molecule has 0 spiro atoms. The summed E-state index contributed by atoms with van der Waals surface area (Å²) in [5.41, 5.74) is 0.726. The average Bonchev–Trinajstić information content (AvgIpc) is 2.61. The monoisotopic (exact) mass is 381 g/mol. The van der Waals surface area contributed by atoms with E-state index in [9.17, 15) is 19.3 Å². The molecule has 28 heavy (non-hydrogen) atoms. The van der Waals surface area contributed by atoms with E-state index in [1.165, 1.54) is 44.2 Å². The van der Waals surface area contributed by atoms with Gasteiger partial charge in [0, 0.05) is 36.9 Å². The van der Waals surface area contributed by atoms with Crippen molar-refractivity contribution in [1.82, 2.24) is 0 Å². The highest BCUT2D eigenvalue weighted by atomic mass is 16.5. The predicted octanol–water partition coefficient (Wildman–Crippen LogP) is 4.02. The van der Waals surface area contributed by atoms with E-state index in [1.807, 2.05) is 0 Å². The second-order valence-electron chi connectivity index (χ2n) is 6.01. The average molecular weight is 381 g/mol. The molecule has 1 heterocycles. The minimum atomic E-state index is -0.679. The Morgan fingerprint density at radius 2 is 1.71 bits per heavy atom.